The quantitative estimate of drug-likeness (QED) is 0.571. The van der Waals surface area contributed by atoms with E-state index in [1.54, 1.807) is 25.3 Å². The van der Waals surface area contributed by atoms with Crippen LogP contribution in [0.4, 0.5) is 11.4 Å². The predicted molar refractivity (Wildman–Crippen MR) is 134 cm³/mol. The van der Waals surface area contributed by atoms with Crippen molar-refractivity contribution in [3.8, 4) is 17.2 Å². The molecule has 172 valence electrons. The van der Waals surface area contributed by atoms with Gasteiger partial charge in [0, 0.05) is 23.0 Å². The lowest BCUT2D eigenvalue weighted by Gasteiger charge is -2.27. The van der Waals surface area contributed by atoms with Crippen LogP contribution in [0.25, 0.3) is 0 Å². The summed E-state index contributed by atoms with van der Waals surface area (Å²) in [4.78, 5) is 24.1. The van der Waals surface area contributed by atoms with Crippen molar-refractivity contribution in [3.05, 3.63) is 78.4 Å². The van der Waals surface area contributed by atoms with Crippen LogP contribution in [-0.4, -0.2) is 43.2 Å². The molecule has 0 saturated carbocycles. The minimum absolute atomic E-state index is 0.148. The molecular weight excluding hydrogens is 452 g/mol. The van der Waals surface area contributed by atoms with Crippen LogP contribution in [0.5, 0.6) is 17.2 Å². The highest BCUT2D eigenvalue weighted by atomic mass is 32.2. The minimum atomic E-state index is -0.148. The zero-order valence-corrected chi connectivity index (χ0v) is 19.2. The molecule has 0 aromatic heterocycles. The van der Waals surface area contributed by atoms with E-state index in [4.69, 9.17) is 19.2 Å². The molecule has 0 bridgehead atoms. The molecule has 1 N–H and O–H groups in total. The number of aliphatic imine (C=N–C) groups is 2. The number of anilines is 2. The van der Waals surface area contributed by atoms with Gasteiger partial charge < -0.3 is 24.4 Å². The Morgan fingerprint density at radius 3 is 2.65 bits per heavy atom. The zero-order valence-electron chi connectivity index (χ0n) is 18.4. The Bertz CT molecular complexity index is 1250. The molecule has 0 fully saturated rings. The van der Waals surface area contributed by atoms with E-state index in [-0.39, 0.29) is 18.5 Å². The third-order valence-electron chi connectivity index (χ3n) is 5.20. The van der Waals surface area contributed by atoms with Crippen LogP contribution < -0.4 is 24.4 Å². The standard InChI is InChI=1S/C25H22N4O4S/c1-31-20-10-8-19(9-11-20)29-15-26-24(17-5-3-2-4-6-17)28-25(29)34-14-23(30)27-18-7-12-21-22(13-18)33-16-32-21/h2-13H,14-16H2,1H3,(H,27,30). The van der Waals surface area contributed by atoms with E-state index >= 15 is 0 Å². The third kappa shape index (κ3) is 4.84. The van der Waals surface area contributed by atoms with Gasteiger partial charge in [0.2, 0.25) is 12.7 Å². The van der Waals surface area contributed by atoms with E-state index in [1.807, 2.05) is 59.5 Å². The van der Waals surface area contributed by atoms with Gasteiger partial charge in [0.1, 0.15) is 12.4 Å². The zero-order chi connectivity index (χ0) is 23.3. The van der Waals surface area contributed by atoms with E-state index in [9.17, 15) is 4.79 Å². The van der Waals surface area contributed by atoms with Crippen LogP contribution in [0.15, 0.2) is 82.8 Å². The summed E-state index contributed by atoms with van der Waals surface area (Å²) in [5.74, 6) is 2.74. The fourth-order valence-electron chi connectivity index (χ4n) is 3.49. The van der Waals surface area contributed by atoms with Crippen molar-refractivity contribution in [2.24, 2.45) is 9.98 Å². The molecule has 0 saturated heterocycles. The first-order valence-corrected chi connectivity index (χ1v) is 11.6. The van der Waals surface area contributed by atoms with Gasteiger partial charge in [-0.3, -0.25) is 4.79 Å². The van der Waals surface area contributed by atoms with E-state index in [2.05, 4.69) is 10.3 Å². The number of hydrogen-bond acceptors (Lipinski definition) is 8. The number of methoxy groups -OCH3 is 1. The number of nitrogens with one attached hydrogen (secondary N) is 1. The molecule has 0 atom stereocenters. The lowest BCUT2D eigenvalue weighted by Crippen LogP contribution is -2.34. The molecule has 2 aliphatic heterocycles. The topological polar surface area (TPSA) is 84.8 Å². The molecule has 0 unspecified atom stereocenters. The second-order valence-electron chi connectivity index (χ2n) is 7.41. The molecule has 0 spiro atoms. The average Bonchev–Trinajstić information content (AvgIpc) is 3.36. The summed E-state index contributed by atoms with van der Waals surface area (Å²) >= 11 is 1.36. The highest BCUT2D eigenvalue weighted by Gasteiger charge is 2.22. The van der Waals surface area contributed by atoms with E-state index < -0.39 is 0 Å². The first-order chi connectivity index (χ1) is 16.7. The summed E-state index contributed by atoms with van der Waals surface area (Å²) in [6, 6.07) is 22.8. The normalized spacial score (nSPS) is 14.3. The Labute approximate surface area is 201 Å². The molecule has 2 heterocycles. The van der Waals surface area contributed by atoms with Crippen molar-refractivity contribution in [1.82, 2.24) is 0 Å². The number of ether oxygens (including phenoxy) is 3. The van der Waals surface area contributed by atoms with Crippen molar-refractivity contribution in [3.63, 3.8) is 0 Å². The number of amidine groups is 2. The Morgan fingerprint density at radius 2 is 1.85 bits per heavy atom. The van der Waals surface area contributed by atoms with Gasteiger partial charge in [-0.2, -0.15) is 0 Å². The molecule has 8 nitrogen and oxygen atoms in total. The second-order valence-corrected chi connectivity index (χ2v) is 8.36. The maximum atomic E-state index is 12.7. The molecular formula is C25H22N4O4S. The third-order valence-corrected chi connectivity index (χ3v) is 6.18. The van der Waals surface area contributed by atoms with Crippen LogP contribution in [-0.2, 0) is 4.79 Å². The number of thioether (sulfide) groups is 1. The maximum Gasteiger partial charge on any atom is 0.234 e. The lowest BCUT2D eigenvalue weighted by molar-refractivity contribution is -0.113. The van der Waals surface area contributed by atoms with Gasteiger partial charge in [-0.25, -0.2) is 9.98 Å². The number of rotatable bonds is 6. The molecule has 2 aliphatic rings. The summed E-state index contributed by atoms with van der Waals surface area (Å²) in [5.41, 5.74) is 2.50. The van der Waals surface area contributed by atoms with Crippen molar-refractivity contribution in [1.29, 1.82) is 0 Å². The fraction of sp³-hybridized carbons (Fsp3) is 0.160. The van der Waals surface area contributed by atoms with Gasteiger partial charge in [0.25, 0.3) is 0 Å². The van der Waals surface area contributed by atoms with Crippen LogP contribution in [0.1, 0.15) is 5.56 Å². The molecule has 3 aromatic carbocycles. The van der Waals surface area contributed by atoms with Crippen LogP contribution >= 0.6 is 11.8 Å². The second kappa shape index (κ2) is 9.88. The SMILES string of the molecule is COc1ccc(N2CN=C(c3ccccc3)N=C2SCC(=O)Nc2ccc3c(c2)OCO3)cc1. The predicted octanol–water partition coefficient (Wildman–Crippen LogP) is 4.38. The fourth-order valence-corrected chi connectivity index (χ4v) is 4.30. The number of carbonyl (C=O) groups excluding carboxylic acids is 1. The molecule has 0 radical (unpaired) electrons. The highest BCUT2D eigenvalue weighted by molar-refractivity contribution is 8.14. The Balaban J connectivity index is 1.32. The summed E-state index contributed by atoms with van der Waals surface area (Å²) in [6.07, 6.45) is 0. The Kier molecular flexibility index (Phi) is 6.35. The number of fused-ring (bicyclic) bond motifs is 1. The van der Waals surface area contributed by atoms with Gasteiger partial charge in [0.05, 0.1) is 12.9 Å². The maximum absolute atomic E-state index is 12.7. The van der Waals surface area contributed by atoms with Crippen LogP contribution in [0, 0.1) is 0 Å². The van der Waals surface area contributed by atoms with Gasteiger partial charge in [-0.15, -0.1) is 0 Å². The van der Waals surface area contributed by atoms with Crippen LogP contribution in [0.3, 0.4) is 0 Å². The number of benzene rings is 3. The van der Waals surface area contributed by atoms with Crippen molar-refractivity contribution in [2.75, 3.05) is 36.5 Å². The van der Waals surface area contributed by atoms with Crippen molar-refractivity contribution >= 4 is 40.0 Å². The highest BCUT2D eigenvalue weighted by Crippen LogP contribution is 2.34. The summed E-state index contributed by atoms with van der Waals surface area (Å²) in [5, 5.41) is 3.60. The smallest absolute Gasteiger partial charge is 0.234 e. The number of hydrogen-bond donors (Lipinski definition) is 1. The molecule has 9 heteroatoms. The summed E-state index contributed by atoms with van der Waals surface area (Å²) < 4.78 is 16.0. The largest absolute Gasteiger partial charge is 0.497 e. The Morgan fingerprint density at radius 1 is 1.06 bits per heavy atom. The van der Waals surface area contributed by atoms with Crippen molar-refractivity contribution < 1.29 is 19.0 Å². The van der Waals surface area contributed by atoms with Gasteiger partial charge in [-0.1, -0.05) is 42.1 Å². The molecule has 1 amide bonds. The number of amides is 1. The monoisotopic (exact) mass is 474 g/mol. The molecule has 34 heavy (non-hydrogen) atoms. The van der Waals surface area contributed by atoms with Crippen molar-refractivity contribution in [2.45, 2.75) is 0 Å². The van der Waals surface area contributed by atoms with Gasteiger partial charge in [-0.05, 0) is 36.4 Å². The van der Waals surface area contributed by atoms with E-state index in [1.165, 1.54) is 11.8 Å². The van der Waals surface area contributed by atoms with E-state index in [0.29, 0.717) is 34.9 Å². The summed E-state index contributed by atoms with van der Waals surface area (Å²) in [6.45, 7) is 0.584. The summed E-state index contributed by atoms with van der Waals surface area (Å²) in [7, 11) is 1.63. The molecule has 0 aliphatic carbocycles. The molecule has 3 aromatic rings. The first kappa shape index (κ1) is 21.8. The lowest BCUT2D eigenvalue weighted by atomic mass is 10.2. The number of nitrogens with zero attached hydrogens (tertiary/aromatic N) is 3. The molecule has 5 rings (SSSR count). The van der Waals surface area contributed by atoms with Gasteiger partial charge >= 0.3 is 0 Å². The van der Waals surface area contributed by atoms with E-state index in [0.717, 1.165) is 17.0 Å². The number of carbonyl (C=O) groups is 1. The average molecular weight is 475 g/mol. The minimum Gasteiger partial charge on any atom is -0.497 e. The first-order valence-electron chi connectivity index (χ1n) is 10.6. The van der Waals surface area contributed by atoms with Crippen LogP contribution in [0.2, 0.25) is 0 Å². The Hall–Kier alpha value is -3.98. The van der Waals surface area contributed by atoms with Gasteiger partial charge in [0.15, 0.2) is 22.5 Å².